The molecule has 1 atom stereocenters. The van der Waals surface area contributed by atoms with Crippen LogP contribution in [0.1, 0.15) is 25.8 Å². The van der Waals surface area contributed by atoms with Gasteiger partial charge < -0.3 is 10.2 Å². The van der Waals surface area contributed by atoms with E-state index in [1.807, 2.05) is 26.8 Å². The summed E-state index contributed by atoms with van der Waals surface area (Å²) in [6.45, 7) is 10.9. The number of rotatable bonds is 10. The van der Waals surface area contributed by atoms with Crippen LogP contribution >= 0.6 is 0 Å². The second kappa shape index (κ2) is 11.6. The minimum atomic E-state index is -3.77. The van der Waals surface area contributed by atoms with Crippen molar-refractivity contribution < 1.29 is 13.2 Å². The van der Waals surface area contributed by atoms with Crippen molar-refractivity contribution in [2.75, 3.05) is 44.2 Å². The van der Waals surface area contributed by atoms with Crippen molar-refractivity contribution in [1.82, 2.24) is 14.9 Å². The maximum Gasteiger partial charge on any atom is 0.241 e. The number of benzene rings is 2. The minimum Gasteiger partial charge on any atom is -0.369 e. The van der Waals surface area contributed by atoms with E-state index in [0.717, 1.165) is 38.3 Å². The van der Waals surface area contributed by atoms with Gasteiger partial charge in [0.2, 0.25) is 15.9 Å². The van der Waals surface area contributed by atoms with Gasteiger partial charge in [0, 0.05) is 45.0 Å². The van der Waals surface area contributed by atoms with Crippen LogP contribution in [-0.2, 0) is 14.8 Å². The van der Waals surface area contributed by atoms with Crippen molar-refractivity contribution in [3.05, 3.63) is 60.2 Å². The van der Waals surface area contributed by atoms with E-state index < -0.39 is 16.1 Å². The zero-order valence-corrected chi connectivity index (χ0v) is 20.6. The number of amides is 1. The van der Waals surface area contributed by atoms with E-state index in [4.69, 9.17) is 0 Å². The number of nitrogens with one attached hydrogen (secondary N) is 2. The summed E-state index contributed by atoms with van der Waals surface area (Å²) < 4.78 is 28.2. The average Bonchev–Trinajstić information content (AvgIpc) is 2.79. The van der Waals surface area contributed by atoms with Gasteiger partial charge in [-0.3, -0.25) is 9.69 Å². The van der Waals surface area contributed by atoms with E-state index in [9.17, 15) is 13.2 Å². The molecule has 0 radical (unpaired) electrons. The van der Waals surface area contributed by atoms with Gasteiger partial charge in [0.05, 0.1) is 4.90 Å². The monoisotopic (exact) mass is 472 g/mol. The molecule has 2 aromatic rings. The summed E-state index contributed by atoms with van der Waals surface area (Å²) in [5.74, 6) is -0.102. The van der Waals surface area contributed by atoms with Crippen molar-refractivity contribution in [3.8, 4) is 0 Å². The van der Waals surface area contributed by atoms with E-state index in [2.05, 4.69) is 44.1 Å². The van der Waals surface area contributed by atoms with Crippen molar-refractivity contribution in [3.63, 3.8) is 0 Å². The molecule has 1 unspecified atom stereocenters. The highest BCUT2D eigenvalue weighted by molar-refractivity contribution is 7.89. The maximum atomic E-state index is 12.9. The van der Waals surface area contributed by atoms with Gasteiger partial charge in [-0.2, -0.15) is 4.72 Å². The lowest BCUT2D eigenvalue weighted by Gasteiger charge is -2.36. The van der Waals surface area contributed by atoms with Crippen LogP contribution in [0.5, 0.6) is 0 Å². The number of carbonyl (C=O) groups excluding carboxylic acids is 1. The summed E-state index contributed by atoms with van der Waals surface area (Å²) in [5, 5.41) is 2.94. The van der Waals surface area contributed by atoms with E-state index in [1.54, 1.807) is 24.3 Å². The van der Waals surface area contributed by atoms with Crippen LogP contribution in [0.3, 0.4) is 0 Å². The molecular weight excluding hydrogens is 436 g/mol. The lowest BCUT2D eigenvalue weighted by Crippen LogP contribution is -2.51. The number of carbonyl (C=O) groups is 1. The molecule has 180 valence electrons. The second-order valence-corrected chi connectivity index (χ2v) is 10.8. The Hall–Kier alpha value is -2.42. The first-order valence-electron chi connectivity index (χ1n) is 11.6. The Kier molecular flexibility index (Phi) is 8.88. The van der Waals surface area contributed by atoms with Crippen LogP contribution in [0.25, 0.3) is 0 Å². The molecular formula is C25H36N4O3S. The molecule has 0 aromatic heterocycles. The van der Waals surface area contributed by atoms with Gasteiger partial charge in [0.25, 0.3) is 0 Å². The summed E-state index contributed by atoms with van der Waals surface area (Å²) in [4.78, 5) is 17.7. The smallest absolute Gasteiger partial charge is 0.241 e. The summed E-state index contributed by atoms with van der Waals surface area (Å²) in [7, 11) is -3.77. The molecule has 1 fully saturated rings. The SMILES string of the molecule is Cc1ccc(S(=O)(=O)NC(CC(C)C)C(=O)NCCN2CCN(c3ccccc3)CC2)cc1. The molecule has 0 aliphatic carbocycles. The predicted octanol–water partition coefficient (Wildman–Crippen LogP) is 2.63. The van der Waals surface area contributed by atoms with Crippen LogP contribution in [0.2, 0.25) is 0 Å². The lowest BCUT2D eigenvalue weighted by atomic mass is 10.0. The molecule has 33 heavy (non-hydrogen) atoms. The average molecular weight is 473 g/mol. The number of hydrogen-bond acceptors (Lipinski definition) is 5. The number of sulfonamides is 1. The van der Waals surface area contributed by atoms with Gasteiger partial charge in [0.1, 0.15) is 6.04 Å². The van der Waals surface area contributed by atoms with Gasteiger partial charge in [-0.15, -0.1) is 0 Å². The second-order valence-electron chi connectivity index (χ2n) is 9.07. The zero-order valence-electron chi connectivity index (χ0n) is 19.8. The summed E-state index contributed by atoms with van der Waals surface area (Å²) in [6.07, 6.45) is 0.437. The molecule has 1 aliphatic heterocycles. The molecule has 8 heteroatoms. The van der Waals surface area contributed by atoms with Gasteiger partial charge in [-0.25, -0.2) is 8.42 Å². The molecule has 2 aromatic carbocycles. The van der Waals surface area contributed by atoms with Crippen LogP contribution in [-0.4, -0.2) is 64.5 Å². The van der Waals surface area contributed by atoms with Gasteiger partial charge in [-0.1, -0.05) is 49.7 Å². The molecule has 0 saturated carbocycles. The number of hydrogen-bond donors (Lipinski definition) is 2. The summed E-state index contributed by atoms with van der Waals surface area (Å²) in [5.41, 5.74) is 2.22. The zero-order chi connectivity index (χ0) is 23.8. The van der Waals surface area contributed by atoms with Crippen molar-refractivity contribution in [2.45, 2.75) is 38.1 Å². The van der Waals surface area contributed by atoms with Gasteiger partial charge in [0.15, 0.2) is 0 Å². The fourth-order valence-electron chi connectivity index (χ4n) is 3.98. The molecule has 2 N–H and O–H groups in total. The lowest BCUT2D eigenvalue weighted by molar-refractivity contribution is -0.123. The number of nitrogens with zero attached hydrogens (tertiary/aromatic N) is 2. The van der Waals surface area contributed by atoms with Gasteiger partial charge in [-0.05, 0) is 43.5 Å². The first kappa shape index (κ1) is 25.2. The normalized spacial score (nSPS) is 16.1. The number of piperazine rings is 1. The molecule has 1 saturated heterocycles. The standard InChI is InChI=1S/C25H36N4O3S/c1-20(2)19-24(27-33(31,32)23-11-9-21(3)10-12-23)25(30)26-13-14-28-15-17-29(18-16-28)22-7-5-4-6-8-22/h4-12,20,24,27H,13-19H2,1-3H3,(H,26,30). The highest BCUT2D eigenvalue weighted by Gasteiger charge is 2.26. The Labute approximate surface area is 198 Å². The van der Waals surface area contributed by atoms with Crippen LogP contribution in [0.15, 0.2) is 59.5 Å². The van der Waals surface area contributed by atoms with E-state index in [-0.39, 0.29) is 16.7 Å². The molecule has 0 spiro atoms. The Bertz CT molecular complexity index is 986. The topological polar surface area (TPSA) is 81.7 Å². The van der Waals surface area contributed by atoms with Crippen molar-refractivity contribution >= 4 is 21.6 Å². The van der Waals surface area contributed by atoms with Gasteiger partial charge >= 0.3 is 0 Å². The third kappa shape index (κ3) is 7.55. The van der Waals surface area contributed by atoms with E-state index >= 15 is 0 Å². The maximum absolute atomic E-state index is 12.9. The number of anilines is 1. The third-order valence-corrected chi connectivity index (χ3v) is 7.36. The van der Waals surface area contributed by atoms with Crippen LogP contribution in [0, 0.1) is 12.8 Å². The summed E-state index contributed by atoms with van der Waals surface area (Å²) in [6, 6.07) is 16.2. The van der Waals surface area contributed by atoms with Crippen molar-refractivity contribution in [1.29, 1.82) is 0 Å². The largest absolute Gasteiger partial charge is 0.369 e. The fraction of sp³-hybridized carbons (Fsp3) is 0.480. The Morgan fingerprint density at radius 3 is 2.21 bits per heavy atom. The number of para-hydroxylation sites is 1. The van der Waals surface area contributed by atoms with Crippen LogP contribution < -0.4 is 14.9 Å². The quantitative estimate of drug-likeness (QED) is 0.556. The molecule has 7 nitrogen and oxygen atoms in total. The number of aryl methyl sites for hydroxylation is 1. The Morgan fingerprint density at radius 2 is 1.61 bits per heavy atom. The third-order valence-electron chi connectivity index (χ3n) is 5.87. The Balaban J connectivity index is 1.49. The Morgan fingerprint density at radius 1 is 0.970 bits per heavy atom. The molecule has 1 amide bonds. The highest BCUT2D eigenvalue weighted by Crippen LogP contribution is 2.16. The predicted molar refractivity (Wildman–Crippen MR) is 133 cm³/mol. The first-order chi connectivity index (χ1) is 15.7. The minimum absolute atomic E-state index is 0.172. The molecule has 1 heterocycles. The first-order valence-corrected chi connectivity index (χ1v) is 13.1. The van der Waals surface area contributed by atoms with Crippen molar-refractivity contribution in [2.24, 2.45) is 5.92 Å². The summed E-state index contributed by atoms with van der Waals surface area (Å²) >= 11 is 0. The fourth-order valence-corrected chi connectivity index (χ4v) is 5.19. The van der Waals surface area contributed by atoms with Crippen LogP contribution in [0.4, 0.5) is 5.69 Å². The molecule has 3 rings (SSSR count). The highest BCUT2D eigenvalue weighted by atomic mass is 32.2. The van der Waals surface area contributed by atoms with E-state index in [1.165, 1.54) is 5.69 Å². The molecule has 0 bridgehead atoms. The molecule has 1 aliphatic rings. The van der Waals surface area contributed by atoms with E-state index in [0.29, 0.717) is 13.0 Å².